The molecule has 3 nitrogen and oxygen atoms in total. The van der Waals surface area contributed by atoms with E-state index in [9.17, 15) is 0 Å². The summed E-state index contributed by atoms with van der Waals surface area (Å²) in [5, 5.41) is 3.68. The Morgan fingerprint density at radius 3 is 2.70 bits per heavy atom. The van der Waals surface area contributed by atoms with Crippen molar-refractivity contribution >= 4 is 5.69 Å². The van der Waals surface area contributed by atoms with E-state index in [1.54, 1.807) is 0 Å². The molecule has 0 radical (unpaired) electrons. The molecule has 0 saturated carbocycles. The molecule has 1 aliphatic rings. The Kier molecular flexibility index (Phi) is 5.72. The second-order valence-electron chi connectivity index (χ2n) is 6.01. The molecule has 0 bridgehead atoms. The van der Waals surface area contributed by atoms with Crippen LogP contribution in [0.15, 0.2) is 24.3 Å². The standard InChI is InChI=1S/C17H28N2O/c1-4-20-17-8-6-16(7-9-17)19-11-5-10-18-15(13-19)12-14(2)3/h6-9,14-15,18H,4-5,10-13H2,1-3H3. The van der Waals surface area contributed by atoms with Crippen LogP contribution in [0.25, 0.3) is 0 Å². The molecule has 0 spiro atoms. The van der Waals surface area contributed by atoms with E-state index in [4.69, 9.17) is 4.74 Å². The molecule has 0 aromatic heterocycles. The summed E-state index contributed by atoms with van der Waals surface area (Å²) in [6.07, 6.45) is 2.45. The van der Waals surface area contributed by atoms with Crippen molar-refractivity contribution in [3.63, 3.8) is 0 Å². The zero-order chi connectivity index (χ0) is 14.4. The quantitative estimate of drug-likeness (QED) is 0.893. The largest absolute Gasteiger partial charge is 0.494 e. The molecule has 1 saturated heterocycles. The van der Waals surface area contributed by atoms with E-state index in [1.807, 2.05) is 6.92 Å². The Labute approximate surface area is 123 Å². The van der Waals surface area contributed by atoms with Crippen molar-refractivity contribution in [1.29, 1.82) is 0 Å². The number of benzene rings is 1. The number of hydrogen-bond donors (Lipinski definition) is 1. The predicted molar refractivity (Wildman–Crippen MR) is 85.7 cm³/mol. The Morgan fingerprint density at radius 1 is 1.30 bits per heavy atom. The van der Waals surface area contributed by atoms with Crippen molar-refractivity contribution in [2.45, 2.75) is 39.7 Å². The highest BCUT2D eigenvalue weighted by molar-refractivity contribution is 5.49. The maximum atomic E-state index is 5.52. The molecule has 0 amide bonds. The van der Waals surface area contributed by atoms with Crippen LogP contribution in [0.1, 0.15) is 33.6 Å². The van der Waals surface area contributed by atoms with Gasteiger partial charge in [-0.25, -0.2) is 0 Å². The molecule has 3 heteroatoms. The summed E-state index contributed by atoms with van der Waals surface area (Å²) in [4.78, 5) is 2.50. The van der Waals surface area contributed by atoms with Gasteiger partial charge in [0.25, 0.3) is 0 Å². The second-order valence-corrected chi connectivity index (χ2v) is 6.01. The maximum Gasteiger partial charge on any atom is 0.119 e. The SMILES string of the molecule is CCOc1ccc(N2CCCNC(CC(C)C)C2)cc1. The fraction of sp³-hybridized carbons (Fsp3) is 0.647. The molecule has 112 valence electrons. The van der Waals surface area contributed by atoms with Crippen molar-refractivity contribution in [2.24, 2.45) is 5.92 Å². The maximum absolute atomic E-state index is 5.52. The molecule has 0 aliphatic carbocycles. The lowest BCUT2D eigenvalue weighted by Gasteiger charge is -2.27. The van der Waals surface area contributed by atoms with Gasteiger partial charge in [-0.1, -0.05) is 13.8 Å². The Balaban J connectivity index is 2.01. The third-order valence-corrected chi connectivity index (χ3v) is 3.75. The molecule has 1 fully saturated rings. The molecule has 1 atom stereocenters. The van der Waals surface area contributed by atoms with Crippen LogP contribution in [0, 0.1) is 5.92 Å². The van der Waals surface area contributed by atoms with Gasteiger partial charge in [0.05, 0.1) is 6.61 Å². The van der Waals surface area contributed by atoms with Gasteiger partial charge in [-0.3, -0.25) is 0 Å². The van der Waals surface area contributed by atoms with E-state index in [-0.39, 0.29) is 0 Å². The summed E-state index contributed by atoms with van der Waals surface area (Å²) in [6, 6.07) is 9.12. The first-order chi connectivity index (χ1) is 9.69. The van der Waals surface area contributed by atoms with Crippen molar-refractivity contribution in [1.82, 2.24) is 5.32 Å². The van der Waals surface area contributed by atoms with E-state index in [0.717, 1.165) is 37.9 Å². The van der Waals surface area contributed by atoms with Crippen LogP contribution in [-0.4, -0.2) is 32.3 Å². The van der Waals surface area contributed by atoms with Crippen LogP contribution >= 0.6 is 0 Å². The average Bonchev–Trinajstić information content (AvgIpc) is 2.65. The van der Waals surface area contributed by atoms with Crippen molar-refractivity contribution in [3.8, 4) is 5.75 Å². The third kappa shape index (κ3) is 4.41. The molecule has 1 aliphatic heterocycles. The number of rotatable bonds is 5. The molecular weight excluding hydrogens is 248 g/mol. The van der Waals surface area contributed by atoms with Crippen LogP contribution in [0.4, 0.5) is 5.69 Å². The lowest BCUT2D eigenvalue weighted by Crippen LogP contribution is -2.38. The average molecular weight is 276 g/mol. The summed E-state index contributed by atoms with van der Waals surface area (Å²) in [7, 11) is 0. The third-order valence-electron chi connectivity index (χ3n) is 3.75. The predicted octanol–water partition coefficient (Wildman–Crippen LogP) is 3.30. The number of ether oxygens (including phenoxy) is 1. The van der Waals surface area contributed by atoms with E-state index in [0.29, 0.717) is 6.04 Å². The van der Waals surface area contributed by atoms with Crippen LogP contribution in [0.5, 0.6) is 5.75 Å². The molecule has 1 aromatic carbocycles. The van der Waals surface area contributed by atoms with E-state index < -0.39 is 0 Å². The van der Waals surface area contributed by atoms with Crippen LogP contribution in [-0.2, 0) is 0 Å². The lowest BCUT2D eigenvalue weighted by atomic mass is 10.0. The minimum atomic E-state index is 0.601. The minimum absolute atomic E-state index is 0.601. The van der Waals surface area contributed by atoms with Gasteiger partial charge in [-0.2, -0.15) is 0 Å². The first-order valence-corrected chi connectivity index (χ1v) is 7.90. The minimum Gasteiger partial charge on any atom is -0.494 e. The molecular formula is C17H28N2O. The monoisotopic (exact) mass is 276 g/mol. The van der Waals surface area contributed by atoms with Crippen LogP contribution < -0.4 is 15.0 Å². The van der Waals surface area contributed by atoms with E-state index in [1.165, 1.54) is 18.5 Å². The number of anilines is 1. The fourth-order valence-corrected chi connectivity index (χ4v) is 2.88. The highest BCUT2D eigenvalue weighted by Gasteiger charge is 2.18. The second kappa shape index (κ2) is 7.53. The van der Waals surface area contributed by atoms with Crippen LogP contribution in [0.3, 0.4) is 0 Å². The summed E-state index contributed by atoms with van der Waals surface area (Å²) in [5.74, 6) is 1.70. The van der Waals surface area contributed by atoms with E-state index in [2.05, 4.69) is 48.3 Å². The van der Waals surface area contributed by atoms with Gasteiger partial charge in [0.15, 0.2) is 0 Å². The van der Waals surface area contributed by atoms with Gasteiger partial charge in [-0.15, -0.1) is 0 Å². The molecule has 1 aromatic rings. The number of nitrogens with zero attached hydrogens (tertiary/aromatic N) is 1. The summed E-state index contributed by atoms with van der Waals surface area (Å²) in [5.41, 5.74) is 1.31. The normalized spacial score (nSPS) is 20.0. The summed E-state index contributed by atoms with van der Waals surface area (Å²) < 4.78 is 5.52. The number of nitrogens with one attached hydrogen (secondary N) is 1. The number of hydrogen-bond acceptors (Lipinski definition) is 3. The van der Waals surface area contributed by atoms with Gasteiger partial charge in [0.1, 0.15) is 5.75 Å². The van der Waals surface area contributed by atoms with Gasteiger partial charge in [0.2, 0.25) is 0 Å². The Morgan fingerprint density at radius 2 is 2.05 bits per heavy atom. The van der Waals surface area contributed by atoms with Gasteiger partial charge < -0.3 is 15.0 Å². The summed E-state index contributed by atoms with van der Waals surface area (Å²) in [6.45, 7) is 10.7. The van der Waals surface area contributed by atoms with E-state index >= 15 is 0 Å². The highest BCUT2D eigenvalue weighted by Crippen LogP contribution is 2.21. The molecule has 1 unspecified atom stereocenters. The van der Waals surface area contributed by atoms with Crippen LogP contribution in [0.2, 0.25) is 0 Å². The smallest absolute Gasteiger partial charge is 0.119 e. The van der Waals surface area contributed by atoms with Gasteiger partial charge in [-0.05, 0) is 56.5 Å². The molecule has 2 rings (SSSR count). The Hall–Kier alpha value is -1.22. The topological polar surface area (TPSA) is 24.5 Å². The molecule has 1 heterocycles. The molecule has 20 heavy (non-hydrogen) atoms. The lowest BCUT2D eigenvalue weighted by molar-refractivity contribution is 0.340. The van der Waals surface area contributed by atoms with Crippen molar-refractivity contribution in [2.75, 3.05) is 31.1 Å². The summed E-state index contributed by atoms with van der Waals surface area (Å²) >= 11 is 0. The van der Waals surface area contributed by atoms with Gasteiger partial charge >= 0.3 is 0 Å². The zero-order valence-electron chi connectivity index (χ0n) is 13.1. The van der Waals surface area contributed by atoms with Gasteiger partial charge in [0, 0.05) is 24.8 Å². The van der Waals surface area contributed by atoms with Crippen molar-refractivity contribution in [3.05, 3.63) is 24.3 Å². The highest BCUT2D eigenvalue weighted by atomic mass is 16.5. The molecule has 1 N–H and O–H groups in total. The Bertz CT molecular complexity index is 388. The van der Waals surface area contributed by atoms with Crippen molar-refractivity contribution < 1.29 is 4.74 Å². The first-order valence-electron chi connectivity index (χ1n) is 7.90. The zero-order valence-corrected chi connectivity index (χ0v) is 13.1. The fourth-order valence-electron chi connectivity index (χ4n) is 2.88. The first kappa shape index (κ1) is 15.2.